The molecule has 4 N–H and O–H groups in total. The molecule has 0 aliphatic heterocycles. The lowest BCUT2D eigenvalue weighted by molar-refractivity contribution is 0.633. The van der Waals surface area contributed by atoms with E-state index in [0.717, 1.165) is 0 Å². The fraction of sp³-hybridized carbons (Fsp3) is 0. The molecule has 4 heteroatoms. The van der Waals surface area contributed by atoms with E-state index >= 15 is 0 Å². The van der Waals surface area contributed by atoms with E-state index in [9.17, 15) is 4.39 Å². The third-order valence-corrected chi connectivity index (χ3v) is 1.09. The van der Waals surface area contributed by atoms with Gasteiger partial charge in [0.2, 0.25) is 0 Å². The fourth-order valence-electron chi connectivity index (χ4n) is 0.554. The van der Waals surface area contributed by atoms with Crippen molar-refractivity contribution in [3.05, 3.63) is 24.0 Å². The van der Waals surface area contributed by atoms with Gasteiger partial charge in [-0.15, -0.1) is 12.4 Å². The maximum absolute atomic E-state index is 12.4. The SMILES string of the molecule is Cl.Nc1cccc(F)c1N. The van der Waals surface area contributed by atoms with Crippen LogP contribution in [-0.4, -0.2) is 0 Å². The van der Waals surface area contributed by atoms with E-state index in [1.807, 2.05) is 0 Å². The summed E-state index contributed by atoms with van der Waals surface area (Å²) in [6.07, 6.45) is 0. The van der Waals surface area contributed by atoms with Crippen molar-refractivity contribution in [2.75, 3.05) is 11.5 Å². The van der Waals surface area contributed by atoms with Crippen LogP contribution in [0.25, 0.3) is 0 Å². The summed E-state index contributed by atoms with van der Waals surface area (Å²) in [6, 6.07) is 4.34. The largest absolute Gasteiger partial charge is 0.397 e. The molecule has 1 aromatic rings. The van der Waals surface area contributed by atoms with Crippen LogP contribution in [0.1, 0.15) is 0 Å². The van der Waals surface area contributed by atoms with Crippen molar-refractivity contribution in [2.45, 2.75) is 0 Å². The first kappa shape index (κ1) is 9.04. The summed E-state index contributed by atoms with van der Waals surface area (Å²) >= 11 is 0. The molecule has 0 atom stereocenters. The van der Waals surface area contributed by atoms with Gasteiger partial charge in [-0.1, -0.05) is 6.07 Å². The molecule has 0 spiro atoms. The van der Waals surface area contributed by atoms with Crippen molar-refractivity contribution in [1.82, 2.24) is 0 Å². The molecule has 0 unspecified atom stereocenters. The average Bonchev–Trinajstić information content (AvgIpc) is 1.83. The standard InChI is InChI=1S/C6H7FN2.ClH/c7-4-2-1-3-5(8)6(4)9;/h1-3H,8-9H2;1H. The predicted octanol–water partition coefficient (Wildman–Crippen LogP) is 1.41. The van der Waals surface area contributed by atoms with Gasteiger partial charge in [0.15, 0.2) is 0 Å². The molecule has 0 radical (unpaired) electrons. The topological polar surface area (TPSA) is 52.0 Å². The number of anilines is 2. The number of para-hydroxylation sites is 1. The lowest BCUT2D eigenvalue weighted by atomic mass is 10.3. The van der Waals surface area contributed by atoms with Gasteiger partial charge in [0, 0.05) is 0 Å². The fourth-order valence-corrected chi connectivity index (χ4v) is 0.554. The van der Waals surface area contributed by atoms with Gasteiger partial charge in [0.05, 0.1) is 11.4 Å². The van der Waals surface area contributed by atoms with E-state index < -0.39 is 5.82 Å². The van der Waals surface area contributed by atoms with Crippen LogP contribution in [-0.2, 0) is 0 Å². The van der Waals surface area contributed by atoms with Gasteiger partial charge in [-0.05, 0) is 12.1 Å². The van der Waals surface area contributed by atoms with Gasteiger partial charge in [0.1, 0.15) is 5.82 Å². The Kier molecular flexibility index (Phi) is 2.96. The second-order valence-electron chi connectivity index (χ2n) is 1.74. The van der Waals surface area contributed by atoms with E-state index in [1.54, 1.807) is 6.07 Å². The number of nitrogen functional groups attached to an aromatic ring is 2. The minimum atomic E-state index is -0.463. The molecule has 0 saturated carbocycles. The highest BCUT2D eigenvalue weighted by Gasteiger charge is 1.97. The summed E-state index contributed by atoms with van der Waals surface area (Å²) in [5, 5.41) is 0. The van der Waals surface area contributed by atoms with Crippen LogP contribution in [0, 0.1) is 5.82 Å². The first-order chi connectivity index (χ1) is 4.22. The lowest BCUT2D eigenvalue weighted by Crippen LogP contribution is -1.96. The van der Waals surface area contributed by atoms with Crippen molar-refractivity contribution >= 4 is 23.8 Å². The third kappa shape index (κ3) is 1.51. The highest BCUT2D eigenvalue weighted by Crippen LogP contribution is 2.16. The monoisotopic (exact) mass is 162 g/mol. The summed E-state index contributed by atoms with van der Waals surface area (Å²) < 4.78 is 12.4. The lowest BCUT2D eigenvalue weighted by Gasteiger charge is -1.97. The number of hydrogen-bond donors (Lipinski definition) is 2. The zero-order valence-corrected chi connectivity index (χ0v) is 5.99. The van der Waals surface area contributed by atoms with Gasteiger partial charge in [0.25, 0.3) is 0 Å². The molecule has 0 saturated heterocycles. The quantitative estimate of drug-likeness (QED) is 0.567. The summed E-state index contributed by atoms with van der Waals surface area (Å²) in [7, 11) is 0. The molecule has 0 aliphatic rings. The Morgan fingerprint density at radius 3 is 2.20 bits per heavy atom. The highest BCUT2D eigenvalue weighted by atomic mass is 35.5. The van der Waals surface area contributed by atoms with Crippen molar-refractivity contribution in [2.24, 2.45) is 0 Å². The molecule has 56 valence electrons. The van der Waals surface area contributed by atoms with E-state index in [2.05, 4.69) is 0 Å². The van der Waals surface area contributed by atoms with E-state index in [-0.39, 0.29) is 23.8 Å². The Balaban J connectivity index is 0.000000810. The Morgan fingerprint density at radius 1 is 1.20 bits per heavy atom. The van der Waals surface area contributed by atoms with Crippen LogP contribution >= 0.6 is 12.4 Å². The van der Waals surface area contributed by atoms with Crippen molar-refractivity contribution < 1.29 is 4.39 Å². The Labute approximate surface area is 64.4 Å². The van der Waals surface area contributed by atoms with Gasteiger partial charge in [-0.2, -0.15) is 0 Å². The zero-order valence-electron chi connectivity index (χ0n) is 5.17. The van der Waals surface area contributed by atoms with Gasteiger partial charge in [-0.25, -0.2) is 4.39 Å². The molecule has 0 heterocycles. The maximum Gasteiger partial charge on any atom is 0.148 e. The molecule has 1 rings (SSSR count). The van der Waals surface area contributed by atoms with E-state index in [0.29, 0.717) is 0 Å². The van der Waals surface area contributed by atoms with Crippen LogP contribution in [0.3, 0.4) is 0 Å². The minimum absolute atomic E-state index is 0. The third-order valence-electron chi connectivity index (χ3n) is 1.09. The molecular formula is C6H8ClFN2. The van der Waals surface area contributed by atoms with Crippen LogP contribution in [0.4, 0.5) is 15.8 Å². The summed E-state index contributed by atoms with van der Waals surface area (Å²) in [5.74, 6) is -0.463. The Hall–Kier alpha value is -0.960. The number of hydrogen-bond acceptors (Lipinski definition) is 2. The normalized spacial score (nSPS) is 8.50. The van der Waals surface area contributed by atoms with Crippen molar-refractivity contribution in [3.63, 3.8) is 0 Å². The van der Waals surface area contributed by atoms with E-state index in [1.165, 1.54) is 12.1 Å². The number of benzene rings is 1. The zero-order chi connectivity index (χ0) is 6.85. The van der Waals surface area contributed by atoms with E-state index in [4.69, 9.17) is 11.5 Å². The first-order valence-electron chi connectivity index (χ1n) is 2.51. The molecule has 1 aromatic carbocycles. The Morgan fingerprint density at radius 2 is 1.80 bits per heavy atom. The molecule has 0 fully saturated rings. The molecular weight excluding hydrogens is 155 g/mol. The summed E-state index contributed by atoms with van der Waals surface area (Å²) in [6.45, 7) is 0. The van der Waals surface area contributed by atoms with Crippen LogP contribution in [0.15, 0.2) is 18.2 Å². The van der Waals surface area contributed by atoms with Crippen LogP contribution in [0.2, 0.25) is 0 Å². The molecule has 2 nitrogen and oxygen atoms in total. The first-order valence-corrected chi connectivity index (χ1v) is 2.51. The van der Waals surface area contributed by atoms with Crippen LogP contribution < -0.4 is 11.5 Å². The highest BCUT2D eigenvalue weighted by molar-refractivity contribution is 5.85. The molecule has 0 bridgehead atoms. The molecule has 10 heavy (non-hydrogen) atoms. The predicted molar refractivity (Wildman–Crippen MR) is 42.5 cm³/mol. The molecule has 0 amide bonds. The molecule has 0 aliphatic carbocycles. The maximum atomic E-state index is 12.4. The second-order valence-corrected chi connectivity index (χ2v) is 1.74. The van der Waals surface area contributed by atoms with Gasteiger partial charge in [-0.3, -0.25) is 0 Å². The van der Waals surface area contributed by atoms with Crippen LogP contribution in [0.5, 0.6) is 0 Å². The van der Waals surface area contributed by atoms with Crippen molar-refractivity contribution in [3.8, 4) is 0 Å². The van der Waals surface area contributed by atoms with Crippen molar-refractivity contribution in [1.29, 1.82) is 0 Å². The summed E-state index contributed by atoms with van der Waals surface area (Å²) in [5.41, 5.74) is 10.8. The average molecular weight is 163 g/mol. The smallest absolute Gasteiger partial charge is 0.148 e. The molecule has 0 aromatic heterocycles. The Bertz CT molecular complexity index is 207. The summed E-state index contributed by atoms with van der Waals surface area (Å²) in [4.78, 5) is 0. The minimum Gasteiger partial charge on any atom is -0.397 e. The number of nitrogens with two attached hydrogens (primary N) is 2. The van der Waals surface area contributed by atoms with Gasteiger partial charge >= 0.3 is 0 Å². The number of halogens is 2. The number of rotatable bonds is 0. The van der Waals surface area contributed by atoms with Gasteiger partial charge < -0.3 is 11.5 Å². The second kappa shape index (κ2) is 3.27.